The molecule has 0 aromatic heterocycles. The van der Waals surface area contributed by atoms with Gasteiger partial charge in [-0.15, -0.1) is 0 Å². The summed E-state index contributed by atoms with van der Waals surface area (Å²) in [6.45, 7) is 3.15. The lowest BCUT2D eigenvalue weighted by Crippen LogP contribution is -2.42. The molecule has 1 amide bonds. The number of carbonyl (C=O) groups is 1. The Morgan fingerprint density at radius 1 is 0.868 bits per heavy atom. The molecular formula is C30H35Cl2N3O3. The normalized spacial score (nSPS) is 14.3. The van der Waals surface area contributed by atoms with E-state index in [-0.39, 0.29) is 18.5 Å². The molecule has 0 saturated carbocycles. The maximum atomic E-state index is 13.5. The number of methoxy groups -OCH3 is 2. The second-order valence-electron chi connectivity index (χ2n) is 9.67. The zero-order valence-corrected chi connectivity index (χ0v) is 23.9. The van der Waals surface area contributed by atoms with Crippen molar-refractivity contribution < 1.29 is 14.3 Å². The van der Waals surface area contributed by atoms with Gasteiger partial charge in [0.15, 0.2) is 11.5 Å². The summed E-state index contributed by atoms with van der Waals surface area (Å²) in [7, 11) is 7.05. The van der Waals surface area contributed by atoms with Crippen LogP contribution in [0.5, 0.6) is 11.5 Å². The Balaban J connectivity index is 1.54. The van der Waals surface area contributed by atoms with Crippen molar-refractivity contribution in [2.75, 3.05) is 59.4 Å². The van der Waals surface area contributed by atoms with E-state index in [2.05, 4.69) is 29.2 Å². The van der Waals surface area contributed by atoms with Crippen LogP contribution in [0.4, 0.5) is 5.69 Å². The average Bonchev–Trinajstić information content (AvgIpc) is 3.46. The van der Waals surface area contributed by atoms with Gasteiger partial charge in [0.1, 0.15) is 0 Å². The van der Waals surface area contributed by atoms with Gasteiger partial charge in [0.05, 0.1) is 36.9 Å². The monoisotopic (exact) mass is 555 g/mol. The fraction of sp³-hybridized carbons (Fsp3) is 0.367. The van der Waals surface area contributed by atoms with E-state index < -0.39 is 0 Å². The van der Waals surface area contributed by atoms with Gasteiger partial charge in [0, 0.05) is 26.3 Å². The van der Waals surface area contributed by atoms with Crippen molar-refractivity contribution in [3.8, 4) is 22.6 Å². The van der Waals surface area contributed by atoms with Crippen molar-refractivity contribution in [3.05, 3.63) is 76.3 Å². The summed E-state index contributed by atoms with van der Waals surface area (Å²) in [5.41, 5.74) is 4.06. The Kier molecular flexibility index (Phi) is 9.42. The van der Waals surface area contributed by atoms with E-state index in [4.69, 9.17) is 32.7 Å². The van der Waals surface area contributed by atoms with Crippen molar-refractivity contribution in [2.45, 2.75) is 18.9 Å². The molecule has 0 radical (unpaired) electrons. The zero-order chi connectivity index (χ0) is 27.2. The molecule has 8 heteroatoms. The molecule has 38 heavy (non-hydrogen) atoms. The van der Waals surface area contributed by atoms with Crippen molar-refractivity contribution in [1.29, 1.82) is 0 Å². The smallest absolute Gasteiger partial charge is 0.242 e. The molecule has 1 atom stereocenters. The minimum atomic E-state index is -0.0674. The molecule has 6 nitrogen and oxygen atoms in total. The van der Waals surface area contributed by atoms with E-state index >= 15 is 0 Å². The van der Waals surface area contributed by atoms with E-state index in [1.807, 2.05) is 48.2 Å². The first-order chi connectivity index (χ1) is 18.3. The van der Waals surface area contributed by atoms with E-state index in [1.54, 1.807) is 26.4 Å². The summed E-state index contributed by atoms with van der Waals surface area (Å²) in [5.74, 6) is 1.42. The third-order valence-corrected chi connectivity index (χ3v) is 7.96. The number of carbonyl (C=O) groups excluding carboxylic acids is 1. The van der Waals surface area contributed by atoms with Crippen LogP contribution in [-0.2, 0) is 4.79 Å². The highest BCUT2D eigenvalue weighted by atomic mass is 35.5. The molecule has 0 bridgehead atoms. The van der Waals surface area contributed by atoms with Crippen molar-refractivity contribution in [3.63, 3.8) is 0 Å². The van der Waals surface area contributed by atoms with Gasteiger partial charge in [-0.1, -0.05) is 53.5 Å². The van der Waals surface area contributed by atoms with Gasteiger partial charge in [-0.05, 0) is 73.0 Å². The Labute approximate surface area is 235 Å². The second-order valence-corrected chi connectivity index (χ2v) is 10.5. The molecule has 3 aromatic rings. The molecule has 1 aliphatic rings. The predicted octanol–water partition coefficient (Wildman–Crippen LogP) is 6.41. The van der Waals surface area contributed by atoms with E-state index in [0.29, 0.717) is 21.5 Å². The third kappa shape index (κ3) is 6.55. The number of ether oxygens (including phenoxy) is 2. The molecule has 1 unspecified atom stereocenters. The molecule has 0 N–H and O–H groups in total. The number of likely N-dealkylation sites (tertiary alicyclic amines) is 1. The number of hydrogen-bond donors (Lipinski definition) is 0. The lowest BCUT2D eigenvalue weighted by atomic mass is 9.99. The molecule has 1 aliphatic heterocycles. The number of rotatable bonds is 10. The quantitative estimate of drug-likeness (QED) is 0.289. The Morgan fingerprint density at radius 2 is 1.53 bits per heavy atom. The molecule has 0 aliphatic carbocycles. The van der Waals surface area contributed by atoms with Crippen LogP contribution in [0.1, 0.15) is 24.4 Å². The second kappa shape index (κ2) is 12.7. The summed E-state index contributed by atoms with van der Waals surface area (Å²) >= 11 is 12.3. The fourth-order valence-electron chi connectivity index (χ4n) is 4.88. The van der Waals surface area contributed by atoms with Gasteiger partial charge in [0.2, 0.25) is 5.91 Å². The zero-order valence-electron chi connectivity index (χ0n) is 22.4. The van der Waals surface area contributed by atoms with Crippen LogP contribution in [0.2, 0.25) is 10.0 Å². The first kappa shape index (κ1) is 28.1. The van der Waals surface area contributed by atoms with Crippen LogP contribution in [0.15, 0.2) is 60.7 Å². The van der Waals surface area contributed by atoms with Crippen LogP contribution in [-0.4, -0.2) is 70.2 Å². The lowest BCUT2D eigenvalue weighted by Gasteiger charge is -2.33. The SMILES string of the molecule is COc1ccc(-c2ccc(C(CN3CCCC3)N(C)C(=O)CN(C)c3ccc(Cl)c(Cl)c3)cc2)cc1OC. The minimum Gasteiger partial charge on any atom is -0.493 e. The average molecular weight is 557 g/mol. The van der Waals surface area contributed by atoms with Crippen LogP contribution in [0.3, 0.4) is 0 Å². The van der Waals surface area contributed by atoms with Crippen molar-refractivity contribution >= 4 is 34.8 Å². The molecular weight excluding hydrogens is 521 g/mol. The third-order valence-electron chi connectivity index (χ3n) is 7.22. The lowest BCUT2D eigenvalue weighted by molar-refractivity contribution is -0.131. The van der Waals surface area contributed by atoms with Gasteiger partial charge < -0.3 is 24.2 Å². The van der Waals surface area contributed by atoms with Crippen molar-refractivity contribution in [1.82, 2.24) is 9.80 Å². The molecule has 1 saturated heterocycles. The molecule has 4 rings (SSSR count). The maximum Gasteiger partial charge on any atom is 0.242 e. The first-order valence-corrected chi connectivity index (χ1v) is 13.5. The van der Waals surface area contributed by atoms with Crippen LogP contribution >= 0.6 is 23.2 Å². The Morgan fingerprint density at radius 3 is 2.16 bits per heavy atom. The van der Waals surface area contributed by atoms with Gasteiger partial charge >= 0.3 is 0 Å². The van der Waals surface area contributed by atoms with Gasteiger partial charge in [-0.3, -0.25) is 4.79 Å². The maximum absolute atomic E-state index is 13.5. The Bertz CT molecular complexity index is 1250. The first-order valence-electron chi connectivity index (χ1n) is 12.8. The highest BCUT2D eigenvalue weighted by Crippen LogP contribution is 2.33. The van der Waals surface area contributed by atoms with Crippen LogP contribution in [0.25, 0.3) is 11.1 Å². The largest absolute Gasteiger partial charge is 0.493 e. The summed E-state index contributed by atoms with van der Waals surface area (Å²) in [5, 5.41) is 0.966. The summed E-state index contributed by atoms with van der Waals surface area (Å²) in [4.78, 5) is 19.7. The van der Waals surface area contributed by atoms with E-state index in [0.717, 1.165) is 42.0 Å². The van der Waals surface area contributed by atoms with Gasteiger partial charge in [-0.25, -0.2) is 0 Å². The number of amides is 1. The molecule has 3 aromatic carbocycles. The number of hydrogen-bond acceptors (Lipinski definition) is 5. The van der Waals surface area contributed by atoms with Crippen LogP contribution < -0.4 is 14.4 Å². The number of halogens is 2. The summed E-state index contributed by atoms with van der Waals surface area (Å²) < 4.78 is 10.8. The number of nitrogens with zero attached hydrogens (tertiary/aromatic N) is 3. The summed E-state index contributed by atoms with van der Waals surface area (Å²) in [6, 6.07) is 19.7. The topological polar surface area (TPSA) is 45.2 Å². The van der Waals surface area contributed by atoms with Gasteiger partial charge in [0.25, 0.3) is 0 Å². The standard InChI is InChI=1S/C30H35Cl2N3O3/c1-33(24-12-13-25(31)26(32)18-24)20-30(36)34(2)27(19-35-15-5-6-16-35)22-9-7-21(8-10-22)23-11-14-28(37-3)29(17-23)38-4/h7-14,17-18,27H,5-6,15-16,19-20H2,1-4H3. The number of benzene rings is 3. The van der Waals surface area contributed by atoms with Crippen LogP contribution in [0, 0.1) is 0 Å². The highest BCUT2D eigenvalue weighted by molar-refractivity contribution is 6.42. The molecule has 202 valence electrons. The highest BCUT2D eigenvalue weighted by Gasteiger charge is 2.26. The number of likely N-dealkylation sites (N-methyl/N-ethyl adjacent to an activating group) is 2. The molecule has 1 heterocycles. The molecule has 1 fully saturated rings. The fourth-order valence-corrected chi connectivity index (χ4v) is 5.17. The Hall–Kier alpha value is -2.93. The molecule has 0 spiro atoms. The predicted molar refractivity (Wildman–Crippen MR) is 156 cm³/mol. The summed E-state index contributed by atoms with van der Waals surface area (Å²) in [6.07, 6.45) is 2.39. The van der Waals surface area contributed by atoms with E-state index in [9.17, 15) is 4.79 Å². The van der Waals surface area contributed by atoms with Gasteiger partial charge in [-0.2, -0.15) is 0 Å². The minimum absolute atomic E-state index is 0.0340. The van der Waals surface area contributed by atoms with E-state index in [1.165, 1.54) is 12.8 Å². The number of anilines is 1. The van der Waals surface area contributed by atoms with Crippen molar-refractivity contribution in [2.24, 2.45) is 0 Å².